The summed E-state index contributed by atoms with van der Waals surface area (Å²) in [7, 11) is 1.87. The second kappa shape index (κ2) is 7.58. The number of nitrogens with one attached hydrogen (secondary N) is 1. The second-order valence-corrected chi connectivity index (χ2v) is 6.91. The number of hydrogen-bond donors (Lipinski definition) is 1. The Morgan fingerprint density at radius 1 is 1.19 bits per heavy atom. The topological polar surface area (TPSA) is 59.4 Å². The lowest BCUT2D eigenvalue weighted by atomic mass is 10.1. The maximum Gasteiger partial charge on any atom is 0.253 e. The molecular formula is C20H21ClN4O2. The van der Waals surface area contributed by atoms with Crippen LogP contribution in [0.15, 0.2) is 42.5 Å². The van der Waals surface area contributed by atoms with Gasteiger partial charge in [-0.05, 0) is 24.3 Å². The van der Waals surface area contributed by atoms with Gasteiger partial charge < -0.3 is 15.0 Å². The molecule has 0 radical (unpaired) electrons. The van der Waals surface area contributed by atoms with Gasteiger partial charge in [-0.25, -0.2) is 0 Å². The monoisotopic (exact) mass is 384 g/mol. The third-order valence-corrected chi connectivity index (χ3v) is 5.13. The highest BCUT2D eigenvalue weighted by atomic mass is 35.5. The van der Waals surface area contributed by atoms with Crippen molar-refractivity contribution in [3.63, 3.8) is 0 Å². The van der Waals surface area contributed by atoms with E-state index >= 15 is 0 Å². The number of fused-ring (bicyclic) bond motifs is 1. The van der Waals surface area contributed by atoms with E-state index in [9.17, 15) is 4.79 Å². The van der Waals surface area contributed by atoms with Crippen LogP contribution >= 0.6 is 11.6 Å². The number of carbonyl (C=O) groups is 1. The molecule has 1 saturated heterocycles. The first-order valence-corrected chi connectivity index (χ1v) is 9.33. The lowest BCUT2D eigenvalue weighted by Gasteiger charge is -2.30. The normalized spacial score (nSPS) is 14.5. The second-order valence-electron chi connectivity index (χ2n) is 6.50. The first-order chi connectivity index (χ1) is 13.1. The van der Waals surface area contributed by atoms with E-state index in [1.807, 2.05) is 49.5 Å². The number of halogens is 1. The van der Waals surface area contributed by atoms with Crippen molar-refractivity contribution in [2.24, 2.45) is 7.05 Å². The van der Waals surface area contributed by atoms with E-state index < -0.39 is 0 Å². The lowest BCUT2D eigenvalue weighted by molar-refractivity contribution is 0.0949. The first-order valence-electron chi connectivity index (χ1n) is 8.95. The Morgan fingerprint density at radius 2 is 1.96 bits per heavy atom. The van der Waals surface area contributed by atoms with E-state index in [1.54, 1.807) is 4.68 Å². The molecule has 2 heterocycles. The van der Waals surface area contributed by atoms with Crippen molar-refractivity contribution >= 4 is 34.1 Å². The maximum absolute atomic E-state index is 12.9. The van der Waals surface area contributed by atoms with Crippen LogP contribution < -0.4 is 10.2 Å². The van der Waals surface area contributed by atoms with Crippen LogP contribution in [0.1, 0.15) is 16.1 Å². The third kappa shape index (κ3) is 3.50. The third-order valence-electron chi connectivity index (χ3n) is 4.82. The molecule has 1 aromatic heterocycles. The Bertz CT molecular complexity index is 979. The number of anilines is 1. The molecule has 1 aliphatic heterocycles. The number of ether oxygens (including phenoxy) is 1. The maximum atomic E-state index is 12.9. The number of morpholine rings is 1. The number of nitrogens with zero attached hydrogens (tertiary/aromatic N) is 3. The van der Waals surface area contributed by atoms with Gasteiger partial charge in [0.15, 0.2) is 0 Å². The molecule has 0 unspecified atom stereocenters. The summed E-state index contributed by atoms with van der Waals surface area (Å²) >= 11 is 6.35. The van der Waals surface area contributed by atoms with Crippen LogP contribution in [-0.2, 0) is 18.3 Å². The summed E-state index contributed by atoms with van der Waals surface area (Å²) in [4.78, 5) is 15.1. The summed E-state index contributed by atoms with van der Waals surface area (Å²) in [5.74, 6) is -0.122. The Morgan fingerprint density at radius 3 is 2.78 bits per heavy atom. The zero-order valence-electron chi connectivity index (χ0n) is 15.1. The van der Waals surface area contributed by atoms with Gasteiger partial charge in [-0.3, -0.25) is 9.48 Å². The minimum atomic E-state index is -0.122. The van der Waals surface area contributed by atoms with Gasteiger partial charge in [0.2, 0.25) is 0 Å². The quantitative estimate of drug-likeness (QED) is 0.751. The summed E-state index contributed by atoms with van der Waals surface area (Å²) < 4.78 is 7.20. The molecule has 3 aromatic rings. The standard InChI is InChI=1S/C20H21ClN4O2/c1-24-18-8-4-6-15(21)19(18)16(23-24)13-22-20(26)14-5-2-3-7-17(14)25-9-11-27-12-10-25/h2-8H,9-13H2,1H3,(H,22,26). The van der Waals surface area contributed by atoms with E-state index in [0.29, 0.717) is 30.3 Å². The van der Waals surface area contributed by atoms with Gasteiger partial charge in [0.25, 0.3) is 5.91 Å². The van der Waals surface area contributed by atoms with Crippen LogP contribution in [0.5, 0.6) is 0 Å². The van der Waals surface area contributed by atoms with Gasteiger partial charge in [-0.1, -0.05) is 29.8 Å². The predicted molar refractivity (Wildman–Crippen MR) is 106 cm³/mol. The van der Waals surface area contributed by atoms with Crippen LogP contribution in [0, 0.1) is 0 Å². The highest BCUT2D eigenvalue weighted by Gasteiger charge is 2.19. The Labute approximate surface area is 162 Å². The molecule has 0 spiro atoms. The van der Waals surface area contributed by atoms with Crippen molar-refractivity contribution in [3.8, 4) is 0 Å². The summed E-state index contributed by atoms with van der Waals surface area (Å²) in [6.45, 7) is 3.23. The lowest BCUT2D eigenvalue weighted by Crippen LogP contribution is -2.37. The summed E-state index contributed by atoms with van der Waals surface area (Å²) in [5.41, 5.74) is 3.30. The molecule has 0 saturated carbocycles. The fraction of sp³-hybridized carbons (Fsp3) is 0.300. The Kier molecular flexibility index (Phi) is 5.01. The Balaban J connectivity index is 1.56. The van der Waals surface area contributed by atoms with Crippen LogP contribution in [-0.4, -0.2) is 42.0 Å². The molecule has 0 atom stereocenters. The molecule has 27 heavy (non-hydrogen) atoms. The minimum Gasteiger partial charge on any atom is -0.378 e. The molecule has 0 aliphatic carbocycles. The van der Waals surface area contributed by atoms with Crippen molar-refractivity contribution in [3.05, 3.63) is 58.7 Å². The van der Waals surface area contributed by atoms with Gasteiger partial charge in [0.1, 0.15) is 0 Å². The van der Waals surface area contributed by atoms with Crippen molar-refractivity contribution in [2.45, 2.75) is 6.54 Å². The number of para-hydroxylation sites is 1. The van der Waals surface area contributed by atoms with E-state index in [2.05, 4.69) is 15.3 Å². The SMILES string of the molecule is Cn1nc(CNC(=O)c2ccccc2N2CCOCC2)c2c(Cl)cccc21. The average Bonchev–Trinajstić information content (AvgIpc) is 3.04. The number of hydrogen-bond acceptors (Lipinski definition) is 4. The molecular weight excluding hydrogens is 364 g/mol. The summed E-state index contributed by atoms with van der Waals surface area (Å²) in [6.07, 6.45) is 0. The molecule has 7 heteroatoms. The van der Waals surface area contributed by atoms with Gasteiger partial charge in [0, 0.05) is 31.2 Å². The van der Waals surface area contributed by atoms with Crippen molar-refractivity contribution in [1.82, 2.24) is 15.1 Å². The molecule has 2 aromatic carbocycles. The van der Waals surface area contributed by atoms with Crippen LogP contribution in [0.25, 0.3) is 10.9 Å². The van der Waals surface area contributed by atoms with E-state index in [0.717, 1.165) is 35.4 Å². The smallest absolute Gasteiger partial charge is 0.253 e. The summed E-state index contributed by atoms with van der Waals surface area (Å²) in [5, 5.41) is 9.03. The summed E-state index contributed by atoms with van der Waals surface area (Å²) in [6, 6.07) is 13.4. The molecule has 4 rings (SSSR count). The van der Waals surface area contributed by atoms with Crippen LogP contribution in [0.3, 0.4) is 0 Å². The number of carbonyl (C=O) groups excluding carboxylic acids is 1. The predicted octanol–water partition coefficient (Wildman–Crippen LogP) is 2.99. The number of aryl methyl sites for hydroxylation is 1. The van der Waals surface area contributed by atoms with Crippen molar-refractivity contribution in [2.75, 3.05) is 31.2 Å². The molecule has 1 fully saturated rings. The van der Waals surface area contributed by atoms with Crippen molar-refractivity contribution < 1.29 is 9.53 Å². The number of aromatic nitrogens is 2. The largest absolute Gasteiger partial charge is 0.378 e. The van der Waals surface area contributed by atoms with E-state index in [-0.39, 0.29) is 5.91 Å². The van der Waals surface area contributed by atoms with E-state index in [1.165, 1.54) is 0 Å². The average molecular weight is 385 g/mol. The number of benzene rings is 2. The first kappa shape index (κ1) is 17.8. The fourth-order valence-corrected chi connectivity index (χ4v) is 3.76. The van der Waals surface area contributed by atoms with Crippen LogP contribution in [0.2, 0.25) is 5.02 Å². The zero-order chi connectivity index (χ0) is 18.8. The molecule has 140 valence electrons. The zero-order valence-corrected chi connectivity index (χ0v) is 15.9. The van der Waals surface area contributed by atoms with E-state index in [4.69, 9.17) is 16.3 Å². The number of amides is 1. The van der Waals surface area contributed by atoms with Gasteiger partial charge >= 0.3 is 0 Å². The molecule has 0 bridgehead atoms. The van der Waals surface area contributed by atoms with Gasteiger partial charge in [-0.2, -0.15) is 5.10 Å². The number of rotatable bonds is 4. The van der Waals surface area contributed by atoms with Gasteiger partial charge in [0.05, 0.1) is 41.6 Å². The highest BCUT2D eigenvalue weighted by Crippen LogP contribution is 2.26. The molecule has 1 aliphatic rings. The van der Waals surface area contributed by atoms with Crippen molar-refractivity contribution in [1.29, 1.82) is 0 Å². The van der Waals surface area contributed by atoms with Crippen LogP contribution in [0.4, 0.5) is 5.69 Å². The minimum absolute atomic E-state index is 0.122. The Hall–Kier alpha value is -2.57. The molecule has 6 nitrogen and oxygen atoms in total. The van der Waals surface area contributed by atoms with Gasteiger partial charge in [-0.15, -0.1) is 0 Å². The molecule has 1 N–H and O–H groups in total. The highest BCUT2D eigenvalue weighted by molar-refractivity contribution is 6.35. The molecule has 1 amide bonds. The fourth-order valence-electron chi connectivity index (χ4n) is 3.48.